The van der Waals surface area contributed by atoms with Gasteiger partial charge in [-0.3, -0.25) is 9.59 Å². The van der Waals surface area contributed by atoms with Gasteiger partial charge in [0, 0.05) is 12.2 Å². The van der Waals surface area contributed by atoms with E-state index in [1.807, 2.05) is 32.0 Å². The van der Waals surface area contributed by atoms with Gasteiger partial charge in [0.05, 0.1) is 0 Å². The second-order valence-electron chi connectivity index (χ2n) is 6.92. The first-order valence-corrected chi connectivity index (χ1v) is 8.63. The summed E-state index contributed by atoms with van der Waals surface area (Å²) in [5, 5.41) is 5.55. The Morgan fingerprint density at radius 1 is 1.00 bits per heavy atom. The zero-order valence-electron chi connectivity index (χ0n) is 15.7. The number of nitrogens with one attached hydrogen (secondary N) is 2. The predicted molar refractivity (Wildman–Crippen MR) is 101 cm³/mol. The molecule has 26 heavy (non-hydrogen) atoms. The maximum atomic E-state index is 13.6. The van der Waals surface area contributed by atoms with Crippen molar-refractivity contribution in [1.29, 1.82) is 0 Å². The van der Waals surface area contributed by atoms with Gasteiger partial charge < -0.3 is 10.6 Å². The van der Waals surface area contributed by atoms with Crippen LogP contribution in [0.3, 0.4) is 0 Å². The number of amides is 2. The third kappa shape index (κ3) is 4.48. The van der Waals surface area contributed by atoms with Crippen LogP contribution in [0.2, 0.25) is 0 Å². The molecule has 0 unspecified atom stereocenters. The Bertz CT molecular complexity index is 815. The summed E-state index contributed by atoms with van der Waals surface area (Å²) in [6.07, 6.45) is 0.368. The fourth-order valence-electron chi connectivity index (χ4n) is 2.50. The molecular weight excluding hydrogens is 331 g/mol. The first-order valence-electron chi connectivity index (χ1n) is 8.63. The Morgan fingerprint density at radius 2 is 1.69 bits per heavy atom. The lowest BCUT2D eigenvalue weighted by molar-refractivity contribution is -0.138. The summed E-state index contributed by atoms with van der Waals surface area (Å²) in [5.74, 6) is -1.07. The van der Waals surface area contributed by atoms with Crippen LogP contribution in [0, 0.1) is 25.1 Å². The molecule has 2 amide bonds. The molecule has 2 aromatic rings. The fourth-order valence-corrected chi connectivity index (χ4v) is 2.50. The molecule has 0 saturated carbocycles. The molecule has 0 saturated heterocycles. The number of halogens is 1. The van der Waals surface area contributed by atoms with Crippen LogP contribution in [-0.2, 0) is 16.0 Å². The molecule has 0 bridgehead atoms. The topological polar surface area (TPSA) is 58.2 Å². The van der Waals surface area contributed by atoms with Crippen molar-refractivity contribution in [3.8, 4) is 0 Å². The average Bonchev–Trinajstić information content (AvgIpc) is 2.60. The number of aryl methyl sites for hydroxylation is 1. The number of carbonyl (C=O) groups is 2. The molecule has 138 valence electrons. The van der Waals surface area contributed by atoms with E-state index >= 15 is 0 Å². The second-order valence-corrected chi connectivity index (χ2v) is 6.92. The molecule has 0 aliphatic rings. The monoisotopic (exact) mass is 356 g/mol. The van der Waals surface area contributed by atoms with Crippen LogP contribution >= 0.6 is 0 Å². The number of hydrogen-bond donors (Lipinski definition) is 2. The molecule has 0 fully saturated rings. The zero-order valence-corrected chi connectivity index (χ0v) is 15.7. The van der Waals surface area contributed by atoms with Crippen molar-refractivity contribution in [2.24, 2.45) is 5.41 Å². The SMILES string of the molecule is Cc1cccc(NC(=O)C(C)(C)C(=O)NCCc2ccccc2F)c1C. The Kier molecular flexibility index (Phi) is 6.14. The van der Waals surface area contributed by atoms with E-state index in [0.29, 0.717) is 17.7 Å². The molecule has 2 rings (SSSR count). The average molecular weight is 356 g/mol. The van der Waals surface area contributed by atoms with Gasteiger partial charge in [-0.05, 0) is 62.9 Å². The van der Waals surface area contributed by atoms with Gasteiger partial charge in [0.15, 0.2) is 0 Å². The van der Waals surface area contributed by atoms with Crippen molar-refractivity contribution < 1.29 is 14.0 Å². The van der Waals surface area contributed by atoms with E-state index < -0.39 is 11.3 Å². The normalized spacial score (nSPS) is 11.1. The zero-order chi connectivity index (χ0) is 19.3. The van der Waals surface area contributed by atoms with Crippen LogP contribution in [0.5, 0.6) is 0 Å². The van der Waals surface area contributed by atoms with Gasteiger partial charge in [0.2, 0.25) is 11.8 Å². The molecule has 0 radical (unpaired) electrons. The fraction of sp³-hybridized carbons (Fsp3) is 0.333. The van der Waals surface area contributed by atoms with E-state index in [2.05, 4.69) is 10.6 Å². The van der Waals surface area contributed by atoms with Gasteiger partial charge in [-0.1, -0.05) is 30.3 Å². The highest BCUT2D eigenvalue weighted by Gasteiger charge is 2.36. The minimum atomic E-state index is -1.24. The second kappa shape index (κ2) is 8.13. The summed E-state index contributed by atoms with van der Waals surface area (Å²) in [5.41, 5.74) is 2.02. The molecular formula is C21H25FN2O2. The van der Waals surface area contributed by atoms with E-state index in [0.717, 1.165) is 11.1 Å². The Balaban J connectivity index is 1.97. The Morgan fingerprint density at radius 3 is 2.38 bits per heavy atom. The summed E-state index contributed by atoms with van der Waals surface area (Å²) in [4.78, 5) is 25.1. The quantitative estimate of drug-likeness (QED) is 0.774. The van der Waals surface area contributed by atoms with Crippen LogP contribution in [0.15, 0.2) is 42.5 Å². The number of carbonyl (C=O) groups excluding carboxylic acids is 2. The molecule has 0 atom stereocenters. The summed E-state index contributed by atoms with van der Waals surface area (Å²) >= 11 is 0. The highest BCUT2D eigenvalue weighted by atomic mass is 19.1. The van der Waals surface area contributed by atoms with Gasteiger partial charge in [-0.25, -0.2) is 4.39 Å². The third-order valence-electron chi connectivity index (χ3n) is 4.63. The first-order chi connectivity index (χ1) is 12.2. The van der Waals surface area contributed by atoms with Crippen LogP contribution < -0.4 is 10.6 Å². The molecule has 2 aromatic carbocycles. The van der Waals surface area contributed by atoms with Crippen molar-refractivity contribution >= 4 is 17.5 Å². The molecule has 0 aliphatic carbocycles. The number of hydrogen-bond acceptors (Lipinski definition) is 2. The molecule has 5 heteroatoms. The third-order valence-corrected chi connectivity index (χ3v) is 4.63. The van der Waals surface area contributed by atoms with Crippen molar-refractivity contribution in [2.75, 3.05) is 11.9 Å². The lowest BCUT2D eigenvalue weighted by Gasteiger charge is -2.23. The van der Waals surface area contributed by atoms with E-state index in [9.17, 15) is 14.0 Å². The molecule has 4 nitrogen and oxygen atoms in total. The first kappa shape index (κ1) is 19.6. The van der Waals surface area contributed by atoms with Crippen molar-refractivity contribution in [1.82, 2.24) is 5.32 Å². The Hall–Kier alpha value is -2.69. The lowest BCUT2D eigenvalue weighted by atomic mass is 9.90. The maximum Gasteiger partial charge on any atom is 0.239 e. The highest BCUT2D eigenvalue weighted by Crippen LogP contribution is 2.23. The summed E-state index contributed by atoms with van der Waals surface area (Å²) < 4.78 is 13.6. The smallest absolute Gasteiger partial charge is 0.239 e. The Labute approximate surface area is 153 Å². The van der Waals surface area contributed by atoms with Crippen LogP contribution in [0.1, 0.15) is 30.5 Å². The standard InChI is InChI=1S/C21H25FN2O2/c1-14-8-7-11-18(15(14)2)24-20(26)21(3,4)19(25)23-13-12-16-9-5-6-10-17(16)22/h5-11H,12-13H2,1-4H3,(H,23,25)(H,24,26). The van der Waals surface area contributed by atoms with Gasteiger partial charge >= 0.3 is 0 Å². The van der Waals surface area contributed by atoms with Crippen molar-refractivity contribution in [2.45, 2.75) is 34.1 Å². The molecule has 2 N–H and O–H groups in total. The maximum absolute atomic E-state index is 13.6. The van der Waals surface area contributed by atoms with Crippen LogP contribution in [-0.4, -0.2) is 18.4 Å². The number of rotatable bonds is 6. The minimum Gasteiger partial charge on any atom is -0.355 e. The lowest BCUT2D eigenvalue weighted by Crippen LogP contribution is -2.45. The number of anilines is 1. The highest BCUT2D eigenvalue weighted by molar-refractivity contribution is 6.10. The largest absolute Gasteiger partial charge is 0.355 e. The van der Waals surface area contributed by atoms with Gasteiger partial charge in [-0.2, -0.15) is 0 Å². The summed E-state index contributed by atoms with van der Waals surface area (Å²) in [6, 6.07) is 12.1. The van der Waals surface area contributed by atoms with Crippen molar-refractivity contribution in [3.05, 3.63) is 65.0 Å². The summed E-state index contributed by atoms with van der Waals surface area (Å²) in [7, 11) is 0. The van der Waals surface area contributed by atoms with E-state index in [1.54, 1.807) is 32.0 Å². The van der Waals surface area contributed by atoms with Gasteiger partial charge in [0.1, 0.15) is 11.2 Å². The van der Waals surface area contributed by atoms with Crippen LogP contribution in [0.4, 0.5) is 10.1 Å². The van der Waals surface area contributed by atoms with Crippen LogP contribution in [0.25, 0.3) is 0 Å². The molecule has 0 heterocycles. The van der Waals surface area contributed by atoms with E-state index in [4.69, 9.17) is 0 Å². The van der Waals surface area contributed by atoms with Gasteiger partial charge in [0.25, 0.3) is 0 Å². The number of benzene rings is 2. The summed E-state index contributed by atoms with van der Waals surface area (Å²) in [6.45, 7) is 7.30. The van der Waals surface area contributed by atoms with Gasteiger partial charge in [-0.15, -0.1) is 0 Å². The van der Waals surface area contributed by atoms with E-state index in [-0.39, 0.29) is 18.3 Å². The molecule has 0 aromatic heterocycles. The molecule has 0 aliphatic heterocycles. The van der Waals surface area contributed by atoms with E-state index in [1.165, 1.54) is 6.07 Å². The molecule has 0 spiro atoms. The predicted octanol–water partition coefficient (Wildman–Crippen LogP) is 3.77. The van der Waals surface area contributed by atoms with Crippen molar-refractivity contribution in [3.63, 3.8) is 0 Å². The minimum absolute atomic E-state index is 0.264.